The van der Waals surface area contributed by atoms with Gasteiger partial charge in [-0.05, 0) is 34.1 Å². The molecule has 1 aromatic heterocycles. The van der Waals surface area contributed by atoms with E-state index in [1.165, 1.54) is 11.3 Å². The van der Waals surface area contributed by atoms with E-state index in [4.69, 9.17) is 5.73 Å². The molecule has 78 valence electrons. The van der Waals surface area contributed by atoms with Gasteiger partial charge in [-0.1, -0.05) is 27.3 Å². The summed E-state index contributed by atoms with van der Waals surface area (Å²) in [6, 6.07) is 5.90. The van der Waals surface area contributed by atoms with Gasteiger partial charge in [0.25, 0.3) is 0 Å². The van der Waals surface area contributed by atoms with E-state index in [9.17, 15) is 0 Å². The van der Waals surface area contributed by atoms with Crippen molar-refractivity contribution in [3.05, 3.63) is 33.3 Å². The van der Waals surface area contributed by atoms with Gasteiger partial charge in [-0.15, -0.1) is 0 Å². The molecule has 0 saturated heterocycles. The number of aromatic nitrogens is 1. The first-order valence-electron chi connectivity index (χ1n) is 4.08. The molecule has 0 aliphatic carbocycles. The van der Waals surface area contributed by atoms with Crippen molar-refractivity contribution in [3.63, 3.8) is 0 Å². The smallest absolute Gasteiger partial charge is 0.189 e. The Labute approximate surface area is 108 Å². The molecule has 0 saturated carbocycles. The maximum atomic E-state index is 5.60. The first-order valence-corrected chi connectivity index (χ1v) is 6.49. The average molecular weight is 349 g/mol. The average Bonchev–Trinajstić information content (AvgIpc) is 2.58. The minimum Gasteiger partial charge on any atom is -0.389 e. The maximum Gasteiger partial charge on any atom is 0.189 e. The highest BCUT2D eigenvalue weighted by molar-refractivity contribution is 9.11. The highest BCUT2D eigenvalue weighted by Crippen LogP contribution is 2.30. The quantitative estimate of drug-likeness (QED) is 0.862. The van der Waals surface area contributed by atoms with Crippen molar-refractivity contribution in [2.45, 2.75) is 0 Å². The standard InChI is InChI=1S/C9H7Br2N3S/c10-5-1-2-6(11)7(3-5)14-9-13-4-8(12)15-9/h1-4H,12H2,(H,13,14). The van der Waals surface area contributed by atoms with E-state index in [2.05, 4.69) is 42.2 Å². The molecular weight excluding hydrogens is 342 g/mol. The Morgan fingerprint density at radius 3 is 2.80 bits per heavy atom. The van der Waals surface area contributed by atoms with Gasteiger partial charge in [0.15, 0.2) is 5.13 Å². The van der Waals surface area contributed by atoms with E-state index in [1.54, 1.807) is 6.20 Å². The number of rotatable bonds is 2. The molecule has 0 bridgehead atoms. The van der Waals surface area contributed by atoms with Gasteiger partial charge in [-0.25, -0.2) is 4.98 Å². The summed E-state index contributed by atoms with van der Waals surface area (Å²) in [5, 5.41) is 4.67. The van der Waals surface area contributed by atoms with Crippen LogP contribution in [0.15, 0.2) is 33.3 Å². The number of halogens is 2. The van der Waals surface area contributed by atoms with Gasteiger partial charge in [0, 0.05) is 8.95 Å². The van der Waals surface area contributed by atoms with Crippen molar-refractivity contribution >= 4 is 59.0 Å². The Bertz CT molecular complexity index is 484. The fourth-order valence-corrected chi connectivity index (χ4v) is 2.35. The van der Waals surface area contributed by atoms with E-state index in [0.29, 0.717) is 5.00 Å². The third-order valence-corrected chi connectivity index (χ3v) is 3.62. The number of hydrogen-bond acceptors (Lipinski definition) is 4. The normalized spacial score (nSPS) is 10.3. The first kappa shape index (κ1) is 10.9. The monoisotopic (exact) mass is 347 g/mol. The number of nitrogens with zero attached hydrogens (tertiary/aromatic N) is 1. The van der Waals surface area contributed by atoms with E-state index >= 15 is 0 Å². The molecule has 0 fully saturated rings. The minimum atomic E-state index is 0.698. The van der Waals surface area contributed by atoms with E-state index < -0.39 is 0 Å². The summed E-state index contributed by atoms with van der Waals surface area (Å²) in [5.74, 6) is 0. The van der Waals surface area contributed by atoms with Gasteiger partial charge in [-0.3, -0.25) is 0 Å². The van der Waals surface area contributed by atoms with Crippen molar-refractivity contribution in [2.24, 2.45) is 0 Å². The van der Waals surface area contributed by atoms with Crippen molar-refractivity contribution in [1.82, 2.24) is 4.98 Å². The summed E-state index contributed by atoms with van der Waals surface area (Å²) in [7, 11) is 0. The molecule has 2 rings (SSSR count). The van der Waals surface area contributed by atoms with Crippen LogP contribution in [0.3, 0.4) is 0 Å². The number of nitrogens with one attached hydrogen (secondary N) is 1. The molecule has 3 nitrogen and oxygen atoms in total. The van der Waals surface area contributed by atoms with Crippen LogP contribution in [0.4, 0.5) is 15.8 Å². The molecular formula is C9H7Br2N3S. The number of benzene rings is 1. The van der Waals surface area contributed by atoms with Crippen LogP contribution in [-0.2, 0) is 0 Å². The van der Waals surface area contributed by atoms with Crippen LogP contribution in [0.2, 0.25) is 0 Å². The predicted molar refractivity (Wildman–Crippen MR) is 71.7 cm³/mol. The van der Waals surface area contributed by atoms with Crippen molar-refractivity contribution in [3.8, 4) is 0 Å². The zero-order valence-corrected chi connectivity index (χ0v) is 11.5. The van der Waals surface area contributed by atoms with E-state index in [0.717, 1.165) is 19.8 Å². The number of anilines is 3. The largest absolute Gasteiger partial charge is 0.389 e. The van der Waals surface area contributed by atoms with Gasteiger partial charge in [0.2, 0.25) is 0 Å². The molecule has 2 aromatic rings. The molecule has 0 spiro atoms. The molecule has 0 radical (unpaired) electrons. The number of nitrogen functional groups attached to an aromatic ring is 1. The zero-order valence-electron chi connectivity index (χ0n) is 7.50. The number of thiazole rings is 1. The Morgan fingerprint density at radius 1 is 1.33 bits per heavy atom. The lowest BCUT2D eigenvalue weighted by atomic mass is 10.3. The second-order valence-corrected chi connectivity index (χ2v) is 5.65. The maximum absolute atomic E-state index is 5.60. The molecule has 3 N–H and O–H groups in total. The fourth-order valence-electron chi connectivity index (χ4n) is 1.05. The highest BCUT2D eigenvalue weighted by atomic mass is 79.9. The van der Waals surface area contributed by atoms with Crippen molar-refractivity contribution in [1.29, 1.82) is 0 Å². The molecule has 0 aliphatic rings. The third-order valence-electron chi connectivity index (χ3n) is 1.69. The zero-order chi connectivity index (χ0) is 10.8. The second-order valence-electron chi connectivity index (χ2n) is 2.82. The fraction of sp³-hybridized carbons (Fsp3) is 0. The minimum absolute atomic E-state index is 0.698. The number of hydrogen-bond donors (Lipinski definition) is 2. The lowest BCUT2D eigenvalue weighted by Gasteiger charge is -2.05. The molecule has 0 aliphatic heterocycles. The van der Waals surface area contributed by atoms with Gasteiger partial charge >= 0.3 is 0 Å². The lowest BCUT2D eigenvalue weighted by Crippen LogP contribution is -1.89. The molecule has 15 heavy (non-hydrogen) atoms. The molecule has 0 atom stereocenters. The summed E-state index contributed by atoms with van der Waals surface area (Å²) in [5.41, 5.74) is 6.55. The SMILES string of the molecule is Nc1cnc(Nc2cc(Br)ccc2Br)s1. The summed E-state index contributed by atoms with van der Waals surface area (Å²) in [4.78, 5) is 4.13. The van der Waals surface area contributed by atoms with E-state index in [-0.39, 0.29) is 0 Å². The molecule has 0 unspecified atom stereocenters. The topological polar surface area (TPSA) is 50.9 Å². The van der Waals surface area contributed by atoms with Crippen LogP contribution in [0, 0.1) is 0 Å². The second kappa shape index (κ2) is 4.51. The molecule has 1 aromatic carbocycles. The van der Waals surface area contributed by atoms with Crippen LogP contribution in [-0.4, -0.2) is 4.98 Å². The highest BCUT2D eigenvalue weighted by Gasteiger charge is 2.03. The molecule has 0 amide bonds. The van der Waals surface area contributed by atoms with Gasteiger partial charge in [0.1, 0.15) is 5.00 Å². The van der Waals surface area contributed by atoms with Crippen LogP contribution in [0.25, 0.3) is 0 Å². The van der Waals surface area contributed by atoms with Gasteiger partial charge in [-0.2, -0.15) is 0 Å². The summed E-state index contributed by atoms with van der Waals surface area (Å²) >= 11 is 8.29. The predicted octanol–water partition coefficient (Wildman–Crippen LogP) is 3.99. The summed E-state index contributed by atoms with van der Waals surface area (Å²) in [6.45, 7) is 0. The molecule has 1 heterocycles. The first-order chi connectivity index (χ1) is 7.15. The number of nitrogens with two attached hydrogens (primary N) is 1. The van der Waals surface area contributed by atoms with Crippen molar-refractivity contribution in [2.75, 3.05) is 11.1 Å². The van der Waals surface area contributed by atoms with Gasteiger partial charge < -0.3 is 11.1 Å². The van der Waals surface area contributed by atoms with Crippen LogP contribution < -0.4 is 11.1 Å². The summed E-state index contributed by atoms with van der Waals surface area (Å²) < 4.78 is 2.00. The summed E-state index contributed by atoms with van der Waals surface area (Å²) in [6.07, 6.45) is 1.64. The lowest BCUT2D eigenvalue weighted by molar-refractivity contribution is 1.38. The van der Waals surface area contributed by atoms with Crippen LogP contribution in [0.1, 0.15) is 0 Å². The Morgan fingerprint density at radius 2 is 2.13 bits per heavy atom. The third kappa shape index (κ3) is 2.70. The van der Waals surface area contributed by atoms with Crippen LogP contribution in [0.5, 0.6) is 0 Å². The Kier molecular flexibility index (Phi) is 3.28. The van der Waals surface area contributed by atoms with Crippen LogP contribution >= 0.6 is 43.2 Å². The van der Waals surface area contributed by atoms with Gasteiger partial charge in [0.05, 0.1) is 11.9 Å². The van der Waals surface area contributed by atoms with E-state index in [1.807, 2.05) is 18.2 Å². The molecule has 6 heteroatoms. The Hall–Kier alpha value is -0.590. The Balaban J connectivity index is 2.27. The van der Waals surface area contributed by atoms with Crippen molar-refractivity contribution < 1.29 is 0 Å².